The largest absolute Gasteiger partial charge is 0.275 e. The van der Waals surface area contributed by atoms with E-state index in [1.54, 1.807) is 38.1 Å². The summed E-state index contributed by atoms with van der Waals surface area (Å²) in [6, 6.07) is 10.3. The summed E-state index contributed by atoms with van der Waals surface area (Å²) >= 11 is 5.88. The van der Waals surface area contributed by atoms with E-state index < -0.39 is 11.8 Å². The zero-order chi connectivity index (χ0) is 28.0. The van der Waals surface area contributed by atoms with Crippen LogP contribution in [0.2, 0.25) is 0 Å². The predicted molar refractivity (Wildman–Crippen MR) is 156 cm³/mol. The number of thiocyanates is 1. The Balaban J connectivity index is 1.81. The number of aliphatic imine (C=N–C) groups is 1. The molecule has 0 bridgehead atoms. The number of nitrogens with zero attached hydrogens (tertiary/aromatic N) is 4. The van der Waals surface area contributed by atoms with E-state index in [1.807, 2.05) is 12.1 Å². The zero-order valence-corrected chi connectivity index (χ0v) is 22.7. The molecule has 0 N–H and O–H groups in total. The van der Waals surface area contributed by atoms with E-state index in [0.717, 1.165) is 11.8 Å². The summed E-state index contributed by atoms with van der Waals surface area (Å²) in [7, 11) is 0. The van der Waals surface area contributed by atoms with Crippen LogP contribution in [0.25, 0.3) is 43.1 Å². The van der Waals surface area contributed by atoms with Crippen LogP contribution in [0.5, 0.6) is 0 Å². The van der Waals surface area contributed by atoms with Crippen molar-refractivity contribution in [2.45, 2.75) is 18.7 Å². The summed E-state index contributed by atoms with van der Waals surface area (Å²) in [5, 5.41) is 19.2. The number of imide groups is 2. The summed E-state index contributed by atoms with van der Waals surface area (Å²) in [5.74, 6) is -1.63. The van der Waals surface area contributed by atoms with Crippen molar-refractivity contribution in [2.75, 3.05) is 13.1 Å². The molecule has 4 amide bonds. The monoisotopic (exact) mass is 560 g/mol. The van der Waals surface area contributed by atoms with Gasteiger partial charge in [-0.2, -0.15) is 10.3 Å². The first kappa shape index (κ1) is 24.4. The van der Waals surface area contributed by atoms with Crippen LogP contribution in [-0.2, 0) is 0 Å². The summed E-state index contributed by atoms with van der Waals surface area (Å²) in [6.45, 7) is 3.90. The highest BCUT2D eigenvalue weighted by molar-refractivity contribution is 8.04. The highest BCUT2D eigenvalue weighted by atomic mass is 32.2. The van der Waals surface area contributed by atoms with Gasteiger partial charge in [-0.05, 0) is 78.3 Å². The molecular weight excluding hydrogens is 544 g/mol. The van der Waals surface area contributed by atoms with E-state index in [0.29, 0.717) is 75.9 Å². The first-order chi connectivity index (χ1) is 19.4. The molecule has 0 atom stereocenters. The third-order valence-electron chi connectivity index (χ3n) is 7.90. The van der Waals surface area contributed by atoms with Gasteiger partial charge in [-0.15, -0.1) is 0 Å². The van der Waals surface area contributed by atoms with Crippen LogP contribution in [0, 0.1) is 10.7 Å². The molecule has 10 heteroatoms. The highest BCUT2D eigenvalue weighted by Gasteiger charge is 2.37. The maximum absolute atomic E-state index is 13.5. The van der Waals surface area contributed by atoms with Gasteiger partial charge in [0.25, 0.3) is 23.6 Å². The number of rotatable bonds is 4. The smallest absolute Gasteiger partial charge is 0.261 e. The average Bonchev–Trinajstić information content (AvgIpc) is 2.95. The van der Waals surface area contributed by atoms with E-state index >= 15 is 0 Å². The Labute approximate surface area is 236 Å². The Bertz CT molecular complexity index is 2150. The topological polar surface area (TPSA) is 111 Å². The average molecular weight is 561 g/mol. The van der Waals surface area contributed by atoms with E-state index in [9.17, 15) is 24.4 Å². The fraction of sp³-hybridized carbons (Fsp3) is 0.133. The normalized spacial score (nSPS) is 14.6. The van der Waals surface area contributed by atoms with Gasteiger partial charge >= 0.3 is 0 Å². The van der Waals surface area contributed by atoms with Gasteiger partial charge in [0.15, 0.2) is 0 Å². The first-order valence-corrected chi connectivity index (χ1v) is 13.7. The van der Waals surface area contributed by atoms with Crippen LogP contribution in [0.4, 0.5) is 5.69 Å². The second-order valence-electron chi connectivity index (χ2n) is 9.54. The zero-order valence-electron chi connectivity index (χ0n) is 21.1. The van der Waals surface area contributed by atoms with Gasteiger partial charge in [0.2, 0.25) is 0 Å². The number of hydrogen-bond acceptors (Lipinski definition) is 8. The van der Waals surface area contributed by atoms with Gasteiger partial charge in [-0.3, -0.25) is 29.0 Å². The number of benzene rings is 5. The molecule has 0 unspecified atom stereocenters. The predicted octanol–water partition coefficient (Wildman–Crippen LogP) is 6.28. The molecule has 0 radical (unpaired) electrons. The van der Waals surface area contributed by atoms with Crippen molar-refractivity contribution in [2.24, 2.45) is 4.99 Å². The molecule has 40 heavy (non-hydrogen) atoms. The van der Waals surface area contributed by atoms with Crippen LogP contribution in [0.1, 0.15) is 55.3 Å². The second kappa shape index (κ2) is 8.41. The number of isothiocyanates is 1. The molecule has 0 aromatic heterocycles. The molecule has 5 aromatic carbocycles. The van der Waals surface area contributed by atoms with E-state index in [-0.39, 0.29) is 24.9 Å². The highest BCUT2D eigenvalue weighted by Crippen LogP contribution is 2.51. The van der Waals surface area contributed by atoms with Crippen molar-refractivity contribution in [1.82, 2.24) is 9.80 Å². The maximum atomic E-state index is 13.5. The Kier molecular flexibility index (Phi) is 5.12. The van der Waals surface area contributed by atoms with Crippen LogP contribution in [0.15, 0.2) is 46.3 Å². The molecule has 8 nitrogen and oxygen atoms in total. The summed E-state index contributed by atoms with van der Waals surface area (Å²) in [6.07, 6.45) is 0. The number of nitriles is 1. The molecule has 0 fully saturated rings. The van der Waals surface area contributed by atoms with Gasteiger partial charge in [0.1, 0.15) is 5.40 Å². The number of carbonyl (C=O) groups is 4. The van der Waals surface area contributed by atoms with Crippen molar-refractivity contribution in [1.29, 1.82) is 5.26 Å². The number of carbonyl (C=O) groups excluding carboxylic acids is 4. The van der Waals surface area contributed by atoms with Gasteiger partial charge < -0.3 is 0 Å². The SMILES string of the molecule is CCN1C(=O)c2ccc3c4c(N=C=S)cc5c6c(cc(SC#N)c(c7ccc(c2c37)C1=O)c64)C(=O)N(CC)C5=O. The van der Waals surface area contributed by atoms with E-state index in [2.05, 4.69) is 15.6 Å². The molecule has 0 saturated heterocycles. The summed E-state index contributed by atoms with van der Waals surface area (Å²) in [5.41, 5.74) is 1.82. The quantitative estimate of drug-likeness (QED) is 0.0484. The third kappa shape index (κ3) is 2.81. The molecule has 0 aliphatic carbocycles. The number of amides is 4. The van der Waals surface area contributed by atoms with Crippen molar-refractivity contribution in [3.8, 4) is 5.40 Å². The summed E-state index contributed by atoms with van der Waals surface area (Å²) in [4.78, 5) is 61.0. The minimum Gasteiger partial charge on any atom is -0.275 e. The second-order valence-corrected chi connectivity index (χ2v) is 10.6. The van der Waals surface area contributed by atoms with Gasteiger partial charge in [-0.25, -0.2) is 0 Å². The lowest BCUT2D eigenvalue weighted by molar-refractivity contribution is 0.0603. The molecule has 2 heterocycles. The lowest BCUT2D eigenvalue weighted by Crippen LogP contribution is -2.40. The van der Waals surface area contributed by atoms with Crippen molar-refractivity contribution in [3.63, 3.8) is 0 Å². The Morgan fingerprint density at radius 2 is 1.25 bits per heavy atom. The van der Waals surface area contributed by atoms with Crippen molar-refractivity contribution in [3.05, 3.63) is 58.7 Å². The lowest BCUT2D eigenvalue weighted by atomic mass is 9.81. The molecule has 0 saturated carbocycles. The fourth-order valence-electron chi connectivity index (χ4n) is 6.35. The van der Waals surface area contributed by atoms with Crippen LogP contribution in [-0.4, -0.2) is 51.7 Å². The molecule has 7 rings (SSSR count). The van der Waals surface area contributed by atoms with E-state index in [4.69, 9.17) is 12.2 Å². The molecule has 2 aliphatic heterocycles. The maximum Gasteiger partial charge on any atom is 0.261 e. The molecule has 2 aliphatic rings. The Morgan fingerprint density at radius 1 is 0.725 bits per heavy atom. The van der Waals surface area contributed by atoms with E-state index in [1.165, 1.54) is 9.80 Å². The minimum absolute atomic E-state index is 0.180. The Morgan fingerprint density at radius 3 is 1.80 bits per heavy atom. The van der Waals surface area contributed by atoms with Crippen LogP contribution >= 0.6 is 24.0 Å². The number of thiocarbonyl (C=S) groups is 1. The van der Waals surface area contributed by atoms with Crippen molar-refractivity contribution >= 4 is 102 Å². The van der Waals surface area contributed by atoms with Crippen LogP contribution in [0.3, 0.4) is 0 Å². The number of thioether (sulfide) groups is 1. The third-order valence-corrected chi connectivity index (χ3v) is 8.63. The first-order valence-electron chi connectivity index (χ1n) is 12.5. The van der Waals surface area contributed by atoms with Crippen molar-refractivity contribution < 1.29 is 19.2 Å². The fourth-order valence-corrected chi connectivity index (χ4v) is 7.04. The van der Waals surface area contributed by atoms with Gasteiger partial charge in [0.05, 0.1) is 16.4 Å². The molecule has 5 aromatic rings. The standard InChI is InChI=1S/C30H16N4O4S2/c1-3-33-27(35)15-7-5-13-21-14(6-8-16(22(15)21)28(33)36)25-20(40-11-31)10-18-23-17(29(37)34(4-2)30(18)38)9-19(32-12-39)24(13)26(23)25/h5-10H,3-4H2,1-2H3. The van der Waals surface area contributed by atoms with Gasteiger partial charge in [0, 0.05) is 61.6 Å². The lowest BCUT2D eigenvalue weighted by Gasteiger charge is -2.30. The van der Waals surface area contributed by atoms with Gasteiger partial charge in [-0.1, -0.05) is 12.1 Å². The molecule has 192 valence electrons. The number of fused-ring (bicyclic) bond motifs is 2. The van der Waals surface area contributed by atoms with Crippen LogP contribution < -0.4 is 0 Å². The minimum atomic E-state index is -0.439. The molecule has 0 spiro atoms. The Hall–Kier alpha value is -4.68. The summed E-state index contributed by atoms with van der Waals surface area (Å²) < 4.78 is 0. The molecular formula is C30H16N4O4S2. The number of hydrogen-bond donors (Lipinski definition) is 0.